The van der Waals surface area contributed by atoms with Gasteiger partial charge in [-0.3, -0.25) is 0 Å². The van der Waals surface area contributed by atoms with Crippen molar-refractivity contribution >= 4 is 28.6 Å². The number of hydrogen-bond donors (Lipinski definition) is 3. The molecule has 8 nitrogen and oxygen atoms in total. The SMILES string of the molecule is CC1(n2c(CO)nc3c(F)cc(-c4nc(N[C@@H]5CCOC[C@H]5O)ncc4Cl)cc32)CC1. The van der Waals surface area contributed by atoms with E-state index in [9.17, 15) is 10.2 Å². The van der Waals surface area contributed by atoms with E-state index in [0.717, 1.165) is 12.8 Å². The largest absolute Gasteiger partial charge is 0.389 e. The van der Waals surface area contributed by atoms with Crippen LogP contribution < -0.4 is 5.32 Å². The molecule has 2 aliphatic rings. The highest BCUT2D eigenvalue weighted by Gasteiger charge is 2.42. The average Bonchev–Trinajstić information content (AvgIpc) is 3.37. The van der Waals surface area contributed by atoms with Crippen LogP contribution in [0.15, 0.2) is 18.3 Å². The van der Waals surface area contributed by atoms with Gasteiger partial charge in [0.25, 0.3) is 0 Å². The molecule has 1 saturated carbocycles. The summed E-state index contributed by atoms with van der Waals surface area (Å²) in [5.74, 6) is 0.231. The van der Waals surface area contributed by atoms with Gasteiger partial charge in [0.15, 0.2) is 5.82 Å². The van der Waals surface area contributed by atoms with E-state index in [1.807, 2.05) is 4.57 Å². The molecule has 0 amide bonds. The second-order valence-corrected chi connectivity index (χ2v) is 8.82. The van der Waals surface area contributed by atoms with Gasteiger partial charge in [0, 0.05) is 17.7 Å². The first-order chi connectivity index (χ1) is 14.9. The summed E-state index contributed by atoms with van der Waals surface area (Å²) in [7, 11) is 0. The zero-order valence-corrected chi connectivity index (χ0v) is 17.7. The minimum atomic E-state index is -0.671. The third-order valence-electron chi connectivity index (χ3n) is 6.10. The molecule has 3 N–H and O–H groups in total. The molecule has 2 fully saturated rings. The number of fused-ring (bicyclic) bond motifs is 1. The van der Waals surface area contributed by atoms with Crippen LogP contribution in [0.5, 0.6) is 0 Å². The lowest BCUT2D eigenvalue weighted by Gasteiger charge is -2.28. The van der Waals surface area contributed by atoms with E-state index in [1.54, 1.807) is 6.07 Å². The number of aromatic nitrogens is 4. The second-order valence-electron chi connectivity index (χ2n) is 8.42. The van der Waals surface area contributed by atoms with Crippen LogP contribution in [-0.4, -0.2) is 55.1 Å². The number of aliphatic hydroxyl groups is 2. The fraction of sp³-hybridized carbons (Fsp3) is 0.476. The van der Waals surface area contributed by atoms with Gasteiger partial charge in [-0.1, -0.05) is 11.6 Å². The van der Waals surface area contributed by atoms with Crippen LogP contribution in [0, 0.1) is 5.82 Å². The highest BCUT2D eigenvalue weighted by molar-refractivity contribution is 6.33. The lowest BCUT2D eigenvalue weighted by molar-refractivity contribution is -0.0136. The number of aliphatic hydroxyl groups excluding tert-OH is 2. The molecule has 31 heavy (non-hydrogen) atoms. The number of halogens is 2. The molecule has 2 aromatic heterocycles. The van der Waals surface area contributed by atoms with Gasteiger partial charge in [0.2, 0.25) is 5.95 Å². The van der Waals surface area contributed by atoms with Crippen LogP contribution >= 0.6 is 11.6 Å². The third-order valence-corrected chi connectivity index (χ3v) is 6.37. The molecule has 1 aromatic carbocycles. The van der Waals surface area contributed by atoms with E-state index < -0.39 is 11.9 Å². The molecule has 1 saturated heterocycles. The Bertz CT molecular complexity index is 1150. The predicted molar refractivity (Wildman–Crippen MR) is 113 cm³/mol. The average molecular weight is 448 g/mol. The molecule has 3 heterocycles. The molecule has 2 atom stereocenters. The van der Waals surface area contributed by atoms with E-state index in [2.05, 4.69) is 27.2 Å². The summed E-state index contributed by atoms with van der Waals surface area (Å²) in [5, 5.41) is 23.3. The number of anilines is 1. The number of hydrogen-bond acceptors (Lipinski definition) is 7. The number of ether oxygens (including phenoxy) is 1. The Labute approximate surface area is 183 Å². The van der Waals surface area contributed by atoms with E-state index in [-0.39, 0.29) is 35.3 Å². The second kappa shape index (κ2) is 7.67. The monoisotopic (exact) mass is 447 g/mol. The van der Waals surface area contributed by atoms with Crippen LogP contribution in [-0.2, 0) is 16.9 Å². The van der Waals surface area contributed by atoms with Crippen molar-refractivity contribution in [1.82, 2.24) is 19.5 Å². The van der Waals surface area contributed by atoms with Crippen molar-refractivity contribution < 1.29 is 19.3 Å². The summed E-state index contributed by atoms with van der Waals surface area (Å²) in [6.45, 7) is 2.58. The van der Waals surface area contributed by atoms with Crippen molar-refractivity contribution in [3.63, 3.8) is 0 Å². The van der Waals surface area contributed by atoms with Crippen molar-refractivity contribution in [1.29, 1.82) is 0 Å². The number of nitrogens with one attached hydrogen (secondary N) is 1. The quantitative estimate of drug-likeness (QED) is 0.552. The molecule has 164 valence electrons. The summed E-state index contributed by atoms with van der Waals surface area (Å²) in [5.41, 5.74) is 1.50. The zero-order chi connectivity index (χ0) is 21.8. The van der Waals surface area contributed by atoms with Crippen LogP contribution in [0.25, 0.3) is 22.3 Å². The molecule has 0 unspecified atom stereocenters. The van der Waals surface area contributed by atoms with Crippen molar-refractivity contribution in [2.24, 2.45) is 0 Å². The smallest absolute Gasteiger partial charge is 0.223 e. The zero-order valence-electron chi connectivity index (χ0n) is 17.0. The summed E-state index contributed by atoms with van der Waals surface area (Å²) >= 11 is 6.37. The Kier molecular flexibility index (Phi) is 5.09. The highest BCUT2D eigenvalue weighted by Crippen LogP contribution is 2.46. The van der Waals surface area contributed by atoms with Crippen LogP contribution in [0.4, 0.5) is 10.3 Å². The molecule has 5 rings (SSSR count). The number of benzene rings is 1. The number of rotatable bonds is 5. The topological polar surface area (TPSA) is 105 Å². The fourth-order valence-electron chi connectivity index (χ4n) is 4.13. The lowest BCUT2D eigenvalue weighted by Crippen LogP contribution is -2.42. The van der Waals surface area contributed by atoms with E-state index >= 15 is 4.39 Å². The predicted octanol–water partition coefficient (Wildman–Crippen LogP) is 2.85. The maximum absolute atomic E-state index is 15.0. The molecule has 3 aromatic rings. The van der Waals surface area contributed by atoms with Gasteiger partial charge in [0.1, 0.15) is 17.9 Å². The van der Waals surface area contributed by atoms with Gasteiger partial charge in [-0.05, 0) is 38.3 Å². The molecule has 0 bridgehead atoms. The Morgan fingerprint density at radius 3 is 2.87 bits per heavy atom. The molecule has 0 spiro atoms. The van der Waals surface area contributed by atoms with Gasteiger partial charge < -0.3 is 24.8 Å². The van der Waals surface area contributed by atoms with Gasteiger partial charge >= 0.3 is 0 Å². The van der Waals surface area contributed by atoms with Crippen LogP contribution in [0.2, 0.25) is 5.02 Å². The van der Waals surface area contributed by atoms with Crippen LogP contribution in [0.1, 0.15) is 32.0 Å². The van der Waals surface area contributed by atoms with Crippen molar-refractivity contribution in [2.75, 3.05) is 18.5 Å². The summed E-state index contributed by atoms with van der Waals surface area (Å²) in [6, 6.07) is 2.90. The Morgan fingerprint density at radius 1 is 1.35 bits per heavy atom. The van der Waals surface area contributed by atoms with E-state index in [1.165, 1.54) is 12.3 Å². The molecule has 1 aliphatic heterocycles. The van der Waals surface area contributed by atoms with Crippen molar-refractivity contribution in [3.8, 4) is 11.3 Å². The minimum absolute atomic E-state index is 0.181. The van der Waals surface area contributed by atoms with Gasteiger partial charge in [-0.2, -0.15) is 0 Å². The Morgan fingerprint density at radius 2 is 2.16 bits per heavy atom. The minimum Gasteiger partial charge on any atom is -0.389 e. The third kappa shape index (κ3) is 3.65. The van der Waals surface area contributed by atoms with E-state index in [4.69, 9.17) is 16.3 Å². The first kappa shape index (κ1) is 20.6. The van der Waals surface area contributed by atoms with E-state index in [0.29, 0.717) is 41.6 Å². The number of imidazole rings is 1. The summed E-state index contributed by atoms with van der Waals surface area (Å²) < 4.78 is 22.2. The Hall–Kier alpha value is -2.33. The van der Waals surface area contributed by atoms with Crippen molar-refractivity contribution in [2.45, 2.75) is 50.5 Å². The van der Waals surface area contributed by atoms with Gasteiger partial charge in [-0.25, -0.2) is 19.3 Å². The molecule has 0 radical (unpaired) electrons. The normalized spacial score (nSPS) is 22.6. The van der Waals surface area contributed by atoms with Crippen molar-refractivity contribution in [3.05, 3.63) is 35.0 Å². The van der Waals surface area contributed by atoms with Gasteiger partial charge in [-0.15, -0.1) is 0 Å². The maximum Gasteiger partial charge on any atom is 0.223 e. The molecule has 10 heteroatoms. The van der Waals surface area contributed by atoms with Crippen LogP contribution in [0.3, 0.4) is 0 Å². The summed E-state index contributed by atoms with van der Waals surface area (Å²) in [6.07, 6.45) is 3.28. The first-order valence-electron chi connectivity index (χ1n) is 10.3. The number of nitrogens with zero attached hydrogens (tertiary/aromatic N) is 4. The molecule has 1 aliphatic carbocycles. The fourth-order valence-corrected chi connectivity index (χ4v) is 4.33. The molecular weight excluding hydrogens is 425 g/mol. The lowest BCUT2D eigenvalue weighted by atomic mass is 10.1. The highest BCUT2D eigenvalue weighted by atomic mass is 35.5. The Balaban J connectivity index is 1.57. The maximum atomic E-state index is 15.0. The first-order valence-corrected chi connectivity index (χ1v) is 10.6. The standard InChI is InChI=1S/C21H23ClFN5O3/c1-21(3-4-21)28-15-7-11(6-13(23)19(15)26-17(28)9-29)18-12(22)8-24-20(27-18)25-14-2-5-31-10-16(14)30/h6-8,14,16,29-30H,2-5,9-10H2,1H3,(H,24,25,27)/t14-,16-/m1/s1. The summed E-state index contributed by atoms with van der Waals surface area (Å²) in [4.78, 5) is 13.0. The molecular formula is C21H23ClFN5O3. The van der Waals surface area contributed by atoms with Gasteiger partial charge in [0.05, 0.1) is 41.2 Å².